The van der Waals surface area contributed by atoms with Gasteiger partial charge < -0.3 is 11.1 Å². The first kappa shape index (κ1) is 10.4. The van der Waals surface area contributed by atoms with Gasteiger partial charge in [-0.05, 0) is 25.7 Å². The minimum absolute atomic E-state index is 0.422. The van der Waals surface area contributed by atoms with Crippen LogP contribution in [0.25, 0.3) is 0 Å². The van der Waals surface area contributed by atoms with Crippen LogP contribution in [-0.2, 0) is 0 Å². The third kappa shape index (κ3) is 2.71. The van der Waals surface area contributed by atoms with Crippen LogP contribution in [0.4, 0.5) is 0 Å². The van der Waals surface area contributed by atoms with Crippen molar-refractivity contribution >= 4 is 0 Å². The van der Waals surface area contributed by atoms with E-state index in [1.807, 2.05) is 0 Å². The summed E-state index contributed by atoms with van der Waals surface area (Å²) in [5.41, 5.74) is 6.13. The predicted molar refractivity (Wildman–Crippen MR) is 60.2 cm³/mol. The summed E-state index contributed by atoms with van der Waals surface area (Å²) in [6.07, 6.45) is 12.3. The Hall–Kier alpha value is -0.0800. The van der Waals surface area contributed by atoms with Gasteiger partial charge in [-0.3, -0.25) is 0 Å². The fourth-order valence-electron chi connectivity index (χ4n) is 2.94. The second-order valence-electron chi connectivity index (χ2n) is 5.06. The van der Waals surface area contributed by atoms with Crippen LogP contribution >= 0.6 is 0 Å². The summed E-state index contributed by atoms with van der Waals surface area (Å²) in [6, 6.07) is 1.82. The first-order chi connectivity index (χ1) is 6.86. The SMILES string of the molecule is N[C@H]1CCCC[C@H]1NC1CCCCC1. The molecule has 0 bridgehead atoms. The van der Waals surface area contributed by atoms with Gasteiger partial charge in [0.2, 0.25) is 0 Å². The van der Waals surface area contributed by atoms with Gasteiger partial charge in [0.1, 0.15) is 0 Å². The molecule has 2 aliphatic carbocycles. The molecular weight excluding hydrogens is 172 g/mol. The van der Waals surface area contributed by atoms with E-state index in [-0.39, 0.29) is 0 Å². The molecule has 0 heterocycles. The van der Waals surface area contributed by atoms with Crippen molar-refractivity contribution < 1.29 is 0 Å². The van der Waals surface area contributed by atoms with Gasteiger partial charge in [-0.1, -0.05) is 32.1 Å². The van der Waals surface area contributed by atoms with Crippen molar-refractivity contribution in [2.24, 2.45) is 5.73 Å². The topological polar surface area (TPSA) is 38.0 Å². The maximum absolute atomic E-state index is 6.13. The molecule has 0 saturated heterocycles. The largest absolute Gasteiger partial charge is 0.326 e. The van der Waals surface area contributed by atoms with Crippen molar-refractivity contribution in [1.29, 1.82) is 0 Å². The van der Waals surface area contributed by atoms with Crippen molar-refractivity contribution in [1.82, 2.24) is 5.32 Å². The van der Waals surface area contributed by atoms with Crippen LogP contribution in [0.15, 0.2) is 0 Å². The molecule has 0 aromatic rings. The quantitative estimate of drug-likeness (QED) is 0.710. The molecule has 2 saturated carbocycles. The molecule has 2 aliphatic rings. The van der Waals surface area contributed by atoms with Gasteiger partial charge in [0, 0.05) is 18.1 Å². The molecular formula is C12H24N2. The molecule has 0 unspecified atom stereocenters. The van der Waals surface area contributed by atoms with E-state index in [0.717, 1.165) is 6.04 Å². The highest BCUT2D eigenvalue weighted by molar-refractivity contribution is 4.87. The zero-order valence-electron chi connectivity index (χ0n) is 9.17. The number of nitrogens with two attached hydrogens (primary N) is 1. The fraction of sp³-hybridized carbons (Fsp3) is 1.00. The highest BCUT2D eigenvalue weighted by Crippen LogP contribution is 2.22. The summed E-state index contributed by atoms with van der Waals surface area (Å²) >= 11 is 0. The molecule has 2 heteroatoms. The molecule has 0 aromatic heterocycles. The minimum Gasteiger partial charge on any atom is -0.326 e. The van der Waals surface area contributed by atoms with E-state index >= 15 is 0 Å². The lowest BCUT2D eigenvalue weighted by molar-refractivity contribution is 0.266. The third-order valence-electron chi connectivity index (χ3n) is 3.87. The van der Waals surface area contributed by atoms with Crippen molar-refractivity contribution in [3.63, 3.8) is 0 Å². The molecule has 2 nitrogen and oxygen atoms in total. The molecule has 0 amide bonds. The monoisotopic (exact) mass is 196 g/mol. The molecule has 0 aromatic carbocycles. The van der Waals surface area contributed by atoms with Gasteiger partial charge in [-0.2, -0.15) is 0 Å². The second kappa shape index (κ2) is 5.13. The Kier molecular flexibility index (Phi) is 3.82. The lowest BCUT2D eigenvalue weighted by atomic mass is 9.88. The molecule has 0 spiro atoms. The first-order valence-corrected chi connectivity index (χ1v) is 6.38. The number of nitrogens with one attached hydrogen (secondary N) is 1. The Morgan fingerprint density at radius 3 is 2.14 bits per heavy atom. The molecule has 0 radical (unpaired) electrons. The Labute approximate surface area is 87.6 Å². The molecule has 2 atom stereocenters. The van der Waals surface area contributed by atoms with Crippen LogP contribution < -0.4 is 11.1 Å². The molecule has 82 valence electrons. The lowest BCUT2D eigenvalue weighted by Gasteiger charge is -2.34. The summed E-state index contributed by atoms with van der Waals surface area (Å²) in [5, 5.41) is 3.78. The smallest absolute Gasteiger partial charge is 0.0221 e. The highest BCUT2D eigenvalue weighted by Gasteiger charge is 2.24. The van der Waals surface area contributed by atoms with Gasteiger partial charge in [0.25, 0.3) is 0 Å². The average molecular weight is 196 g/mol. The van der Waals surface area contributed by atoms with Gasteiger partial charge in [-0.15, -0.1) is 0 Å². The van der Waals surface area contributed by atoms with Gasteiger partial charge in [-0.25, -0.2) is 0 Å². The van der Waals surface area contributed by atoms with Crippen molar-refractivity contribution in [3.05, 3.63) is 0 Å². The Bertz CT molecular complexity index is 164. The third-order valence-corrected chi connectivity index (χ3v) is 3.87. The highest BCUT2D eigenvalue weighted by atomic mass is 15.0. The van der Waals surface area contributed by atoms with Crippen molar-refractivity contribution in [2.75, 3.05) is 0 Å². The maximum atomic E-state index is 6.13. The van der Waals surface area contributed by atoms with E-state index in [9.17, 15) is 0 Å². The van der Waals surface area contributed by atoms with Gasteiger partial charge >= 0.3 is 0 Å². The molecule has 14 heavy (non-hydrogen) atoms. The van der Waals surface area contributed by atoms with Crippen LogP contribution in [-0.4, -0.2) is 18.1 Å². The summed E-state index contributed by atoms with van der Waals surface area (Å²) in [5.74, 6) is 0. The predicted octanol–water partition coefficient (Wildman–Crippen LogP) is 2.18. The Balaban J connectivity index is 1.76. The average Bonchev–Trinajstić information content (AvgIpc) is 2.23. The zero-order chi connectivity index (χ0) is 9.80. The normalized spacial score (nSPS) is 35.8. The van der Waals surface area contributed by atoms with Crippen LogP contribution in [0, 0.1) is 0 Å². The summed E-state index contributed by atoms with van der Waals surface area (Å²) < 4.78 is 0. The number of hydrogen-bond donors (Lipinski definition) is 2. The van der Waals surface area contributed by atoms with Gasteiger partial charge in [0.05, 0.1) is 0 Å². The molecule has 3 N–H and O–H groups in total. The van der Waals surface area contributed by atoms with E-state index in [1.54, 1.807) is 0 Å². The van der Waals surface area contributed by atoms with Gasteiger partial charge in [0.15, 0.2) is 0 Å². The van der Waals surface area contributed by atoms with Crippen molar-refractivity contribution in [3.8, 4) is 0 Å². The van der Waals surface area contributed by atoms with Crippen molar-refractivity contribution in [2.45, 2.75) is 75.9 Å². The minimum atomic E-state index is 0.422. The summed E-state index contributed by atoms with van der Waals surface area (Å²) in [6.45, 7) is 0. The standard InChI is InChI=1S/C12H24N2/c13-11-8-4-5-9-12(11)14-10-6-2-1-3-7-10/h10-12,14H,1-9,13H2/t11-,12+/m0/s1. The van der Waals surface area contributed by atoms with E-state index in [0.29, 0.717) is 12.1 Å². The molecule has 0 aliphatic heterocycles. The summed E-state index contributed by atoms with van der Waals surface area (Å²) in [7, 11) is 0. The Morgan fingerprint density at radius 2 is 1.43 bits per heavy atom. The van der Waals surface area contributed by atoms with Crippen LogP contribution in [0.3, 0.4) is 0 Å². The van der Waals surface area contributed by atoms with Crippen LogP contribution in [0.5, 0.6) is 0 Å². The first-order valence-electron chi connectivity index (χ1n) is 6.38. The second-order valence-corrected chi connectivity index (χ2v) is 5.06. The molecule has 2 fully saturated rings. The number of rotatable bonds is 2. The Morgan fingerprint density at radius 1 is 0.786 bits per heavy atom. The fourth-order valence-corrected chi connectivity index (χ4v) is 2.94. The van der Waals surface area contributed by atoms with E-state index < -0.39 is 0 Å². The maximum Gasteiger partial charge on any atom is 0.0221 e. The van der Waals surface area contributed by atoms with E-state index in [4.69, 9.17) is 5.73 Å². The number of hydrogen-bond acceptors (Lipinski definition) is 2. The molecule has 2 rings (SSSR count). The van der Waals surface area contributed by atoms with Crippen LogP contribution in [0.2, 0.25) is 0 Å². The van der Waals surface area contributed by atoms with Crippen LogP contribution in [0.1, 0.15) is 57.8 Å². The van der Waals surface area contributed by atoms with E-state index in [2.05, 4.69) is 5.32 Å². The zero-order valence-corrected chi connectivity index (χ0v) is 9.17. The lowest BCUT2D eigenvalue weighted by Crippen LogP contribution is -2.51. The van der Waals surface area contributed by atoms with E-state index in [1.165, 1.54) is 57.8 Å². The summed E-state index contributed by atoms with van der Waals surface area (Å²) in [4.78, 5) is 0.